The van der Waals surface area contributed by atoms with Gasteiger partial charge < -0.3 is 5.32 Å². The van der Waals surface area contributed by atoms with E-state index in [1.807, 2.05) is 0 Å². The van der Waals surface area contributed by atoms with E-state index in [4.69, 9.17) is 0 Å². The van der Waals surface area contributed by atoms with Crippen LogP contribution in [0.4, 0.5) is 0 Å². The summed E-state index contributed by atoms with van der Waals surface area (Å²) in [5.41, 5.74) is 0. The minimum absolute atomic E-state index is 1.04. The molecule has 1 aliphatic rings. The van der Waals surface area contributed by atoms with Crippen LogP contribution in [0.25, 0.3) is 0 Å². The molecule has 0 aromatic carbocycles. The zero-order valence-electron chi connectivity index (χ0n) is 6.32. The van der Waals surface area contributed by atoms with Gasteiger partial charge in [0, 0.05) is 0 Å². The number of nitrogens with one attached hydrogen (secondary N) is 1. The second-order valence-corrected chi connectivity index (χ2v) is 3.00. The maximum absolute atomic E-state index is 3.45. The molecular formula is C8H17N. The lowest BCUT2D eigenvalue weighted by Crippen LogP contribution is -2.17. The first-order chi connectivity index (χ1) is 4.43. The maximum Gasteiger partial charge on any atom is -0.00205 e. The van der Waals surface area contributed by atoms with Crippen LogP contribution in [0.3, 0.4) is 0 Å². The van der Waals surface area contributed by atoms with Gasteiger partial charge in [0.2, 0.25) is 0 Å². The van der Waals surface area contributed by atoms with Gasteiger partial charge in [-0.2, -0.15) is 0 Å². The summed E-state index contributed by atoms with van der Waals surface area (Å²) in [4.78, 5) is 0. The second-order valence-electron chi connectivity index (χ2n) is 3.00. The van der Waals surface area contributed by atoms with E-state index in [0.717, 1.165) is 5.92 Å². The molecule has 0 spiro atoms. The summed E-state index contributed by atoms with van der Waals surface area (Å²) in [6, 6.07) is 0. The Morgan fingerprint density at radius 3 is 2.78 bits per heavy atom. The van der Waals surface area contributed by atoms with Crippen molar-refractivity contribution in [1.29, 1.82) is 0 Å². The van der Waals surface area contributed by atoms with Gasteiger partial charge >= 0.3 is 0 Å². The highest BCUT2D eigenvalue weighted by Crippen LogP contribution is 2.27. The first-order valence-electron chi connectivity index (χ1n) is 4.14. The molecule has 9 heavy (non-hydrogen) atoms. The Morgan fingerprint density at radius 1 is 1.44 bits per heavy atom. The SMILES string of the molecule is CCCCNCC1CC1. The molecule has 1 rings (SSSR count). The van der Waals surface area contributed by atoms with E-state index in [-0.39, 0.29) is 0 Å². The quantitative estimate of drug-likeness (QED) is 0.555. The fraction of sp³-hybridized carbons (Fsp3) is 1.00. The molecule has 1 fully saturated rings. The van der Waals surface area contributed by atoms with Gasteiger partial charge in [0.25, 0.3) is 0 Å². The van der Waals surface area contributed by atoms with Crippen molar-refractivity contribution >= 4 is 0 Å². The van der Waals surface area contributed by atoms with Crippen LogP contribution in [0, 0.1) is 5.92 Å². The standard InChI is InChI=1S/C8H17N/c1-2-3-6-9-7-8-4-5-8/h8-9H,2-7H2,1H3. The monoisotopic (exact) mass is 127 g/mol. The molecule has 0 saturated heterocycles. The lowest BCUT2D eigenvalue weighted by Gasteiger charge is -1.99. The van der Waals surface area contributed by atoms with Crippen LogP contribution in [-0.4, -0.2) is 13.1 Å². The summed E-state index contributed by atoms with van der Waals surface area (Å²) in [5, 5.41) is 3.45. The Kier molecular flexibility index (Phi) is 3.05. The zero-order valence-corrected chi connectivity index (χ0v) is 6.32. The summed E-state index contributed by atoms with van der Waals surface area (Å²) >= 11 is 0. The van der Waals surface area contributed by atoms with Gasteiger partial charge in [0.15, 0.2) is 0 Å². The van der Waals surface area contributed by atoms with Crippen molar-refractivity contribution in [1.82, 2.24) is 5.32 Å². The minimum atomic E-state index is 1.04. The van der Waals surface area contributed by atoms with Crippen molar-refractivity contribution in [3.63, 3.8) is 0 Å². The van der Waals surface area contributed by atoms with Gasteiger partial charge in [-0.3, -0.25) is 0 Å². The molecule has 0 aromatic rings. The predicted molar refractivity (Wildman–Crippen MR) is 40.5 cm³/mol. The van der Waals surface area contributed by atoms with Gasteiger partial charge in [-0.25, -0.2) is 0 Å². The molecule has 1 saturated carbocycles. The average Bonchev–Trinajstić information content (AvgIpc) is 2.63. The van der Waals surface area contributed by atoms with E-state index < -0.39 is 0 Å². The third-order valence-corrected chi connectivity index (χ3v) is 1.84. The first kappa shape index (κ1) is 7.07. The van der Waals surface area contributed by atoms with Crippen molar-refractivity contribution in [2.45, 2.75) is 32.6 Å². The highest BCUT2D eigenvalue weighted by atomic mass is 14.9. The average molecular weight is 127 g/mol. The van der Waals surface area contributed by atoms with Crippen molar-refractivity contribution in [3.05, 3.63) is 0 Å². The third-order valence-electron chi connectivity index (χ3n) is 1.84. The largest absolute Gasteiger partial charge is 0.316 e. The second kappa shape index (κ2) is 3.89. The lowest BCUT2D eigenvalue weighted by molar-refractivity contribution is 0.608. The molecule has 0 aromatic heterocycles. The minimum Gasteiger partial charge on any atom is -0.316 e. The third kappa shape index (κ3) is 3.52. The van der Waals surface area contributed by atoms with Crippen LogP contribution in [0.2, 0.25) is 0 Å². The van der Waals surface area contributed by atoms with Crippen LogP contribution >= 0.6 is 0 Å². The fourth-order valence-corrected chi connectivity index (χ4v) is 0.930. The highest BCUT2D eigenvalue weighted by molar-refractivity contribution is 4.74. The molecule has 0 unspecified atom stereocenters. The van der Waals surface area contributed by atoms with E-state index in [2.05, 4.69) is 12.2 Å². The zero-order chi connectivity index (χ0) is 6.53. The summed E-state index contributed by atoms with van der Waals surface area (Å²) in [7, 11) is 0. The number of hydrogen-bond donors (Lipinski definition) is 1. The van der Waals surface area contributed by atoms with Crippen molar-refractivity contribution < 1.29 is 0 Å². The topological polar surface area (TPSA) is 12.0 Å². The highest BCUT2D eigenvalue weighted by Gasteiger charge is 2.19. The van der Waals surface area contributed by atoms with E-state index >= 15 is 0 Å². The van der Waals surface area contributed by atoms with Crippen molar-refractivity contribution in [3.8, 4) is 0 Å². The molecule has 1 N–H and O–H groups in total. The van der Waals surface area contributed by atoms with Crippen LogP contribution in [0.15, 0.2) is 0 Å². The molecule has 0 radical (unpaired) electrons. The van der Waals surface area contributed by atoms with Gasteiger partial charge in [0.05, 0.1) is 0 Å². The molecule has 54 valence electrons. The normalized spacial score (nSPS) is 18.3. The Balaban J connectivity index is 1.71. The van der Waals surface area contributed by atoms with Crippen molar-refractivity contribution in [2.24, 2.45) is 5.92 Å². The van der Waals surface area contributed by atoms with Gasteiger partial charge in [-0.1, -0.05) is 13.3 Å². The van der Waals surface area contributed by atoms with Crippen molar-refractivity contribution in [2.75, 3.05) is 13.1 Å². The van der Waals surface area contributed by atoms with Crippen LogP contribution in [0.5, 0.6) is 0 Å². The molecular weight excluding hydrogens is 110 g/mol. The summed E-state index contributed by atoms with van der Waals surface area (Å²) in [6.45, 7) is 4.74. The molecule has 0 bridgehead atoms. The van der Waals surface area contributed by atoms with E-state index in [1.165, 1.54) is 38.8 Å². The van der Waals surface area contributed by atoms with Crippen LogP contribution in [0.1, 0.15) is 32.6 Å². The van der Waals surface area contributed by atoms with E-state index in [9.17, 15) is 0 Å². The van der Waals surface area contributed by atoms with E-state index in [0.29, 0.717) is 0 Å². The lowest BCUT2D eigenvalue weighted by atomic mass is 10.3. The van der Waals surface area contributed by atoms with Gasteiger partial charge in [0.1, 0.15) is 0 Å². The van der Waals surface area contributed by atoms with Gasteiger partial charge in [-0.05, 0) is 38.3 Å². The summed E-state index contributed by atoms with van der Waals surface area (Å²) in [6.07, 6.45) is 5.60. The Labute approximate surface area is 57.8 Å². The molecule has 1 aliphatic carbocycles. The number of rotatable bonds is 5. The molecule has 1 heteroatoms. The molecule has 0 heterocycles. The fourth-order valence-electron chi connectivity index (χ4n) is 0.930. The Morgan fingerprint density at radius 2 is 2.22 bits per heavy atom. The Hall–Kier alpha value is -0.0400. The molecule has 0 aliphatic heterocycles. The van der Waals surface area contributed by atoms with E-state index in [1.54, 1.807) is 0 Å². The van der Waals surface area contributed by atoms with Crippen LogP contribution in [-0.2, 0) is 0 Å². The number of unbranched alkanes of at least 4 members (excludes halogenated alkanes) is 1. The predicted octanol–water partition coefficient (Wildman–Crippen LogP) is 1.79. The van der Waals surface area contributed by atoms with Gasteiger partial charge in [-0.15, -0.1) is 0 Å². The summed E-state index contributed by atoms with van der Waals surface area (Å²) in [5.74, 6) is 1.04. The smallest absolute Gasteiger partial charge is 0.00205 e. The maximum atomic E-state index is 3.45. The number of hydrogen-bond acceptors (Lipinski definition) is 1. The molecule has 0 atom stereocenters. The first-order valence-corrected chi connectivity index (χ1v) is 4.14. The molecule has 0 amide bonds. The molecule has 1 nitrogen and oxygen atoms in total. The Bertz CT molecular complexity index is 67.0. The van der Waals surface area contributed by atoms with Crippen LogP contribution < -0.4 is 5.32 Å². The summed E-state index contributed by atoms with van der Waals surface area (Å²) < 4.78 is 0.